The van der Waals surface area contributed by atoms with Gasteiger partial charge in [-0.3, -0.25) is 4.90 Å². The summed E-state index contributed by atoms with van der Waals surface area (Å²) < 4.78 is 5.34. The molecule has 1 saturated heterocycles. The maximum atomic E-state index is 11.4. The number of carbonyl (C=O) groups is 1. The van der Waals surface area contributed by atoms with Crippen LogP contribution in [0, 0.1) is 5.92 Å². The van der Waals surface area contributed by atoms with Crippen molar-refractivity contribution in [2.45, 2.75) is 39.8 Å². The van der Waals surface area contributed by atoms with E-state index < -0.39 is 5.97 Å². The second kappa shape index (κ2) is 11.7. The van der Waals surface area contributed by atoms with Gasteiger partial charge in [-0.15, -0.1) is 0 Å². The highest BCUT2D eigenvalue weighted by molar-refractivity contribution is 5.95. The Morgan fingerprint density at radius 1 is 1.09 bits per heavy atom. The number of anilines is 1. The van der Waals surface area contributed by atoms with Crippen LogP contribution in [0.4, 0.5) is 5.69 Å². The molecule has 0 bridgehead atoms. The number of methoxy groups -OCH3 is 1. The maximum absolute atomic E-state index is 11.4. The van der Waals surface area contributed by atoms with E-state index in [0.717, 1.165) is 49.1 Å². The number of hydrogen-bond acceptors (Lipinski definition) is 4. The molecule has 178 valence electrons. The summed E-state index contributed by atoms with van der Waals surface area (Å²) in [5.74, 6) is 1.30. The number of benzene rings is 2. The summed E-state index contributed by atoms with van der Waals surface area (Å²) in [7, 11) is 1.66. The van der Waals surface area contributed by atoms with Crippen molar-refractivity contribution in [3.8, 4) is 5.75 Å². The second-order valence-corrected chi connectivity index (χ2v) is 9.00. The van der Waals surface area contributed by atoms with Gasteiger partial charge in [-0.2, -0.15) is 0 Å². The lowest BCUT2D eigenvalue weighted by molar-refractivity contribution is 0.0697. The molecule has 1 fully saturated rings. The van der Waals surface area contributed by atoms with E-state index in [4.69, 9.17) is 9.73 Å². The summed E-state index contributed by atoms with van der Waals surface area (Å²) in [5.41, 5.74) is 2.02. The molecule has 7 nitrogen and oxygen atoms in total. The van der Waals surface area contributed by atoms with Crippen molar-refractivity contribution >= 4 is 17.6 Å². The molecule has 0 spiro atoms. The molecule has 2 aromatic rings. The lowest BCUT2D eigenvalue weighted by atomic mass is 10.0. The van der Waals surface area contributed by atoms with Crippen LogP contribution in [-0.4, -0.2) is 66.2 Å². The molecule has 1 aliphatic rings. The van der Waals surface area contributed by atoms with Crippen molar-refractivity contribution in [1.29, 1.82) is 0 Å². The van der Waals surface area contributed by atoms with Gasteiger partial charge < -0.3 is 20.1 Å². The number of ether oxygens (including phenoxy) is 1. The van der Waals surface area contributed by atoms with Crippen LogP contribution < -0.4 is 10.1 Å². The van der Waals surface area contributed by atoms with Crippen LogP contribution in [0.25, 0.3) is 0 Å². The Hall–Kier alpha value is -3.06. The van der Waals surface area contributed by atoms with E-state index in [1.165, 1.54) is 6.42 Å². The minimum absolute atomic E-state index is 0.250. The van der Waals surface area contributed by atoms with Gasteiger partial charge in [0.2, 0.25) is 0 Å². The Balaban J connectivity index is 1.77. The lowest BCUT2D eigenvalue weighted by Gasteiger charge is -2.40. The van der Waals surface area contributed by atoms with Crippen LogP contribution in [-0.2, 0) is 6.54 Å². The van der Waals surface area contributed by atoms with E-state index in [9.17, 15) is 9.90 Å². The molecular weight excluding hydrogens is 416 g/mol. The zero-order valence-electron chi connectivity index (χ0n) is 20.1. The van der Waals surface area contributed by atoms with Crippen LogP contribution in [0.2, 0.25) is 0 Å². The van der Waals surface area contributed by atoms with Crippen molar-refractivity contribution < 1.29 is 14.6 Å². The lowest BCUT2D eigenvalue weighted by Crippen LogP contribution is -2.53. The zero-order valence-corrected chi connectivity index (χ0v) is 20.1. The Morgan fingerprint density at radius 2 is 1.82 bits per heavy atom. The van der Waals surface area contributed by atoms with Gasteiger partial charge in [-0.25, -0.2) is 9.79 Å². The van der Waals surface area contributed by atoms with Crippen LogP contribution in [0.3, 0.4) is 0 Å². The Kier molecular flexibility index (Phi) is 8.72. The first kappa shape index (κ1) is 24.6. The Bertz CT molecular complexity index is 952. The summed E-state index contributed by atoms with van der Waals surface area (Å²) in [5, 5.41) is 12.7. The molecule has 2 N–H and O–H groups in total. The molecule has 1 aliphatic heterocycles. The summed E-state index contributed by atoms with van der Waals surface area (Å²) in [4.78, 5) is 21.1. The van der Waals surface area contributed by atoms with Crippen molar-refractivity contribution in [3.05, 3.63) is 59.7 Å². The molecule has 0 aromatic heterocycles. The number of aromatic carboxylic acids is 1. The smallest absolute Gasteiger partial charge is 0.335 e. The van der Waals surface area contributed by atoms with Gasteiger partial charge in [-0.1, -0.05) is 32.0 Å². The molecule has 1 atom stereocenters. The number of guanidine groups is 1. The minimum atomic E-state index is -0.943. The molecule has 7 heteroatoms. The highest BCUT2D eigenvalue weighted by atomic mass is 16.5. The fourth-order valence-corrected chi connectivity index (χ4v) is 4.22. The standard InChI is InChI=1S/C26H36N4O3/c1-19(2)15-20(3)29-11-13-30(14-12-29)26(27-18-21-7-5-10-24(16-21)33-4)28-23-9-6-8-22(17-23)25(31)32/h5-10,16-17,19-20H,11-15,18H2,1-4H3,(H,27,28)(H,31,32)/t20-/m0/s1. The number of rotatable bonds is 8. The van der Waals surface area contributed by atoms with Crippen molar-refractivity contribution in [2.75, 3.05) is 38.6 Å². The van der Waals surface area contributed by atoms with Gasteiger partial charge in [0.15, 0.2) is 5.96 Å². The number of hydrogen-bond donors (Lipinski definition) is 2. The molecule has 2 aromatic carbocycles. The van der Waals surface area contributed by atoms with E-state index in [0.29, 0.717) is 18.5 Å². The summed E-state index contributed by atoms with van der Waals surface area (Å²) in [6.45, 7) is 11.0. The first-order chi connectivity index (χ1) is 15.9. The van der Waals surface area contributed by atoms with Gasteiger partial charge in [-0.05, 0) is 55.2 Å². The molecule has 1 heterocycles. The Labute approximate surface area is 197 Å². The van der Waals surface area contributed by atoms with Gasteiger partial charge in [0, 0.05) is 37.9 Å². The molecule has 0 radical (unpaired) electrons. The maximum Gasteiger partial charge on any atom is 0.335 e. The number of piperazine rings is 1. The zero-order chi connectivity index (χ0) is 23.8. The van der Waals surface area contributed by atoms with E-state index >= 15 is 0 Å². The van der Waals surface area contributed by atoms with E-state index in [2.05, 4.69) is 35.9 Å². The average Bonchev–Trinajstić information content (AvgIpc) is 2.81. The first-order valence-corrected chi connectivity index (χ1v) is 11.6. The third-order valence-electron chi connectivity index (χ3n) is 5.96. The minimum Gasteiger partial charge on any atom is -0.497 e. The fourth-order valence-electron chi connectivity index (χ4n) is 4.22. The quantitative estimate of drug-likeness (QED) is 0.456. The van der Waals surface area contributed by atoms with E-state index in [1.54, 1.807) is 25.3 Å². The van der Waals surface area contributed by atoms with Crippen LogP contribution in [0.5, 0.6) is 5.75 Å². The van der Waals surface area contributed by atoms with E-state index in [-0.39, 0.29) is 5.56 Å². The Morgan fingerprint density at radius 3 is 2.48 bits per heavy atom. The first-order valence-electron chi connectivity index (χ1n) is 11.6. The monoisotopic (exact) mass is 452 g/mol. The van der Waals surface area contributed by atoms with Crippen molar-refractivity contribution in [3.63, 3.8) is 0 Å². The molecule has 0 amide bonds. The average molecular weight is 453 g/mol. The highest BCUT2D eigenvalue weighted by Gasteiger charge is 2.24. The highest BCUT2D eigenvalue weighted by Crippen LogP contribution is 2.18. The summed E-state index contributed by atoms with van der Waals surface area (Å²) in [6.07, 6.45) is 1.19. The molecular formula is C26H36N4O3. The normalized spacial score (nSPS) is 16.0. The second-order valence-electron chi connectivity index (χ2n) is 9.00. The van der Waals surface area contributed by atoms with Crippen molar-refractivity contribution in [1.82, 2.24) is 9.80 Å². The molecule has 0 aliphatic carbocycles. The molecule has 0 unspecified atom stereocenters. The van der Waals surface area contributed by atoms with Crippen LogP contribution in [0.15, 0.2) is 53.5 Å². The predicted molar refractivity (Wildman–Crippen MR) is 133 cm³/mol. The van der Waals surface area contributed by atoms with Gasteiger partial charge in [0.05, 0.1) is 19.2 Å². The number of aliphatic imine (C=N–C) groups is 1. The molecule has 33 heavy (non-hydrogen) atoms. The molecule has 3 rings (SSSR count). The SMILES string of the molecule is COc1cccc(CN=C(Nc2cccc(C(=O)O)c2)N2CCN([C@@H](C)CC(C)C)CC2)c1. The third-order valence-corrected chi connectivity index (χ3v) is 5.96. The largest absolute Gasteiger partial charge is 0.497 e. The van der Waals surface area contributed by atoms with Crippen molar-refractivity contribution in [2.24, 2.45) is 10.9 Å². The van der Waals surface area contributed by atoms with Gasteiger partial charge >= 0.3 is 5.97 Å². The topological polar surface area (TPSA) is 77.4 Å². The number of nitrogens with zero attached hydrogens (tertiary/aromatic N) is 3. The number of nitrogens with one attached hydrogen (secondary N) is 1. The van der Waals surface area contributed by atoms with Gasteiger partial charge in [0.1, 0.15) is 5.75 Å². The van der Waals surface area contributed by atoms with Crippen LogP contribution >= 0.6 is 0 Å². The number of carboxylic acid groups (broad SMARTS) is 1. The predicted octanol–water partition coefficient (Wildman–Crippen LogP) is 4.41. The van der Waals surface area contributed by atoms with E-state index in [1.807, 2.05) is 30.3 Å². The summed E-state index contributed by atoms with van der Waals surface area (Å²) in [6, 6.07) is 15.3. The molecule has 0 saturated carbocycles. The van der Waals surface area contributed by atoms with Gasteiger partial charge in [0.25, 0.3) is 0 Å². The number of carboxylic acids is 1. The fraction of sp³-hybridized carbons (Fsp3) is 0.462. The van der Waals surface area contributed by atoms with Crippen LogP contribution in [0.1, 0.15) is 43.1 Å². The third kappa shape index (κ3) is 7.22. The summed E-state index contributed by atoms with van der Waals surface area (Å²) >= 11 is 0.